The minimum atomic E-state index is -4.81. The van der Waals surface area contributed by atoms with Gasteiger partial charge in [-0.15, -0.1) is 0 Å². The summed E-state index contributed by atoms with van der Waals surface area (Å²) in [7, 11) is -4.20. The number of rotatable bonds is 4. The van der Waals surface area contributed by atoms with E-state index in [1.807, 2.05) is 0 Å². The molecule has 3 N–H and O–H groups in total. The van der Waals surface area contributed by atoms with Crippen LogP contribution in [0.25, 0.3) is 0 Å². The van der Waals surface area contributed by atoms with E-state index < -0.39 is 56.0 Å². The van der Waals surface area contributed by atoms with Crippen LogP contribution in [0.15, 0.2) is 35.6 Å². The van der Waals surface area contributed by atoms with Crippen LogP contribution in [0.1, 0.15) is 29.8 Å². The van der Waals surface area contributed by atoms with Crippen LogP contribution in [-0.2, 0) is 16.2 Å². The van der Waals surface area contributed by atoms with Crippen molar-refractivity contribution in [2.75, 3.05) is 23.3 Å². The smallest absolute Gasteiger partial charge is 0.355 e. The van der Waals surface area contributed by atoms with Gasteiger partial charge in [-0.3, -0.25) is 4.79 Å². The van der Waals surface area contributed by atoms with Crippen molar-refractivity contribution in [1.82, 2.24) is 9.97 Å². The number of hydrogen-bond acceptors (Lipinski definition) is 6. The number of sulfonamides is 1. The Morgan fingerprint density at radius 3 is 2.33 bits per heavy atom. The molecule has 1 amide bonds. The molecule has 180 valence electrons. The fraction of sp³-hybridized carbons (Fsp3) is 0.421. The lowest BCUT2D eigenvalue weighted by Gasteiger charge is -2.42. The van der Waals surface area contributed by atoms with Gasteiger partial charge in [-0.25, -0.2) is 32.3 Å². The Morgan fingerprint density at radius 2 is 1.79 bits per heavy atom. The number of hydrogen-bond donors (Lipinski definition) is 2. The van der Waals surface area contributed by atoms with Gasteiger partial charge in [0.2, 0.25) is 0 Å². The fourth-order valence-electron chi connectivity index (χ4n) is 3.51. The van der Waals surface area contributed by atoms with E-state index in [0.29, 0.717) is 12.3 Å². The molecule has 8 nitrogen and oxygen atoms in total. The van der Waals surface area contributed by atoms with Crippen molar-refractivity contribution in [1.29, 1.82) is 0 Å². The van der Waals surface area contributed by atoms with Gasteiger partial charge in [0.1, 0.15) is 5.82 Å². The first-order chi connectivity index (χ1) is 15.1. The molecule has 0 bridgehead atoms. The summed E-state index contributed by atoms with van der Waals surface area (Å²) in [5.41, 5.74) is -1.82. The number of anilines is 2. The number of primary sulfonamides is 1. The van der Waals surface area contributed by atoms with E-state index in [1.54, 1.807) is 0 Å². The van der Waals surface area contributed by atoms with Gasteiger partial charge in [-0.05, 0) is 12.1 Å². The summed E-state index contributed by atoms with van der Waals surface area (Å²) >= 11 is 0. The molecule has 14 heteroatoms. The highest BCUT2D eigenvalue weighted by Gasteiger charge is 2.48. The zero-order valence-electron chi connectivity index (χ0n) is 17.4. The first kappa shape index (κ1) is 24.8. The molecule has 2 aromatic rings. The molecule has 3 rings (SSSR count). The highest BCUT2D eigenvalue weighted by molar-refractivity contribution is 7.89. The second-order valence-corrected chi connectivity index (χ2v) is 9.36. The molecule has 33 heavy (non-hydrogen) atoms. The minimum absolute atomic E-state index is 0.102. The molecule has 0 aliphatic carbocycles. The van der Waals surface area contributed by atoms with Crippen molar-refractivity contribution >= 4 is 27.4 Å². The number of carbonyl (C=O) groups excluding carboxylic acids is 1. The van der Waals surface area contributed by atoms with Crippen molar-refractivity contribution in [3.8, 4) is 0 Å². The van der Waals surface area contributed by atoms with Crippen molar-refractivity contribution in [2.45, 2.75) is 31.0 Å². The first-order valence-electron chi connectivity index (χ1n) is 9.61. The third-order valence-corrected chi connectivity index (χ3v) is 6.13. The first-order valence-corrected chi connectivity index (χ1v) is 11.2. The maximum atomic E-state index is 14.2. The normalized spacial score (nSPS) is 21.0. The zero-order valence-corrected chi connectivity index (χ0v) is 18.2. The van der Waals surface area contributed by atoms with Crippen LogP contribution in [0.4, 0.5) is 33.5 Å². The molecular formula is C19H20F5N5O3S. The van der Waals surface area contributed by atoms with Gasteiger partial charge in [-0.1, -0.05) is 13.8 Å². The summed E-state index contributed by atoms with van der Waals surface area (Å²) in [4.78, 5) is 21.6. The zero-order chi connectivity index (χ0) is 24.8. The Bertz CT molecular complexity index is 1160. The van der Waals surface area contributed by atoms with Gasteiger partial charge in [0, 0.05) is 49.1 Å². The number of aromatic nitrogens is 2. The van der Waals surface area contributed by atoms with Gasteiger partial charge >= 0.3 is 6.18 Å². The Kier molecular flexibility index (Phi) is 6.37. The SMILES string of the molecule is C[C@@H]1CN(c2ncc(C(F)(F)F)cc2C(=O)Nc2ccnc(S(N)(=O)=O)c2)C[C@H](C)C1(F)F. The van der Waals surface area contributed by atoms with Crippen LogP contribution in [-0.4, -0.2) is 43.3 Å². The highest BCUT2D eigenvalue weighted by atomic mass is 32.2. The number of alkyl halides is 5. The average Bonchev–Trinajstić information content (AvgIpc) is 2.70. The molecular weight excluding hydrogens is 473 g/mol. The maximum absolute atomic E-state index is 14.2. The van der Waals surface area contributed by atoms with Crippen molar-refractivity contribution in [3.05, 3.63) is 41.7 Å². The molecule has 0 aromatic carbocycles. The monoisotopic (exact) mass is 493 g/mol. The van der Waals surface area contributed by atoms with E-state index in [1.165, 1.54) is 24.8 Å². The topological polar surface area (TPSA) is 118 Å². The van der Waals surface area contributed by atoms with Crippen LogP contribution < -0.4 is 15.4 Å². The summed E-state index contributed by atoms with van der Waals surface area (Å²) in [6.07, 6.45) is -3.25. The molecule has 0 unspecified atom stereocenters. The molecule has 2 aromatic heterocycles. The number of halogens is 5. The van der Waals surface area contributed by atoms with E-state index in [-0.39, 0.29) is 24.6 Å². The maximum Gasteiger partial charge on any atom is 0.417 e. The van der Waals surface area contributed by atoms with Crippen LogP contribution in [0.5, 0.6) is 0 Å². The van der Waals surface area contributed by atoms with Gasteiger partial charge in [-0.2, -0.15) is 13.2 Å². The molecule has 1 fully saturated rings. The molecule has 0 spiro atoms. The summed E-state index contributed by atoms with van der Waals surface area (Å²) in [5.74, 6) is -6.52. The largest absolute Gasteiger partial charge is 0.417 e. The van der Waals surface area contributed by atoms with E-state index in [9.17, 15) is 35.2 Å². The lowest BCUT2D eigenvalue weighted by molar-refractivity contribution is -0.137. The predicted molar refractivity (Wildman–Crippen MR) is 108 cm³/mol. The Hall–Kier alpha value is -2.87. The van der Waals surface area contributed by atoms with E-state index in [4.69, 9.17) is 5.14 Å². The number of pyridine rings is 2. The van der Waals surface area contributed by atoms with Crippen LogP contribution in [0.3, 0.4) is 0 Å². The summed E-state index contributed by atoms with van der Waals surface area (Å²) in [5, 5.41) is 6.72. The standard InChI is InChI=1S/C19H20F5N5O3S/c1-10-8-29(9-11(2)18(10,20)21)16-14(5-12(7-27-16)19(22,23)24)17(30)28-13-3-4-26-15(6-13)33(25,31)32/h3-7,10-11H,8-9H2,1-2H3,(H2,25,31,32)(H,26,28,30)/t10-,11+. The van der Waals surface area contributed by atoms with E-state index >= 15 is 0 Å². The number of nitrogens with one attached hydrogen (secondary N) is 1. The van der Waals surface area contributed by atoms with Crippen LogP contribution >= 0.6 is 0 Å². The molecule has 0 saturated carbocycles. The predicted octanol–water partition coefficient (Wildman–Crippen LogP) is 3.12. The third kappa shape index (κ3) is 5.21. The van der Waals surface area contributed by atoms with Crippen molar-refractivity contribution < 1.29 is 35.2 Å². The molecule has 1 aliphatic heterocycles. The minimum Gasteiger partial charge on any atom is -0.355 e. The second-order valence-electron chi connectivity index (χ2n) is 7.86. The van der Waals surface area contributed by atoms with Crippen molar-refractivity contribution in [3.63, 3.8) is 0 Å². The Balaban J connectivity index is 2.01. The molecule has 2 atom stereocenters. The molecule has 1 saturated heterocycles. The third-order valence-electron chi connectivity index (χ3n) is 5.32. The van der Waals surface area contributed by atoms with Gasteiger partial charge in [0.15, 0.2) is 5.03 Å². The second kappa shape index (κ2) is 8.48. The number of piperidine rings is 1. The van der Waals surface area contributed by atoms with Crippen molar-refractivity contribution in [2.24, 2.45) is 17.0 Å². The molecule has 0 radical (unpaired) electrons. The summed E-state index contributed by atoms with van der Waals surface area (Å²) in [6.45, 7) is 2.14. The van der Waals surface area contributed by atoms with Crippen LogP contribution in [0, 0.1) is 11.8 Å². The lowest BCUT2D eigenvalue weighted by atomic mass is 9.87. The fourth-order valence-corrected chi connectivity index (χ4v) is 4.01. The number of nitrogens with two attached hydrogens (primary N) is 1. The van der Waals surface area contributed by atoms with Gasteiger partial charge < -0.3 is 10.2 Å². The Morgan fingerprint density at radius 1 is 1.18 bits per heavy atom. The Labute approximate surface area is 186 Å². The van der Waals surface area contributed by atoms with Gasteiger partial charge in [0.25, 0.3) is 21.9 Å². The highest BCUT2D eigenvalue weighted by Crippen LogP contribution is 2.40. The van der Waals surface area contributed by atoms with E-state index in [0.717, 1.165) is 12.3 Å². The lowest BCUT2D eigenvalue weighted by Crippen LogP contribution is -2.52. The average molecular weight is 493 g/mol. The molecule has 3 heterocycles. The quantitative estimate of drug-likeness (QED) is 0.632. The van der Waals surface area contributed by atoms with Gasteiger partial charge in [0.05, 0.1) is 11.1 Å². The summed E-state index contributed by atoms with van der Waals surface area (Å²) < 4.78 is 91.2. The summed E-state index contributed by atoms with van der Waals surface area (Å²) in [6, 6.07) is 2.71. The molecule has 1 aliphatic rings. The number of nitrogens with zero attached hydrogens (tertiary/aromatic N) is 3. The van der Waals surface area contributed by atoms with Crippen LogP contribution in [0.2, 0.25) is 0 Å². The number of carbonyl (C=O) groups is 1. The van der Waals surface area contributed by atoms with E-state index in [2.05, 4.69) is 15.3 Å². The number of amides is 1.